The first-order valence-electron chi connectivity index (χ1n) is 6.86. The van der Waals surface area contributed by atoms with Crippen LogP contribution in [0.2, 0.25) is 5.02 Å². The summed E-state index contributed by atoms with van der Waals surface area (Å²) in [5.74, 6) is 0. The minimum absolute atomic E-state index is 0.518. The number of nitrogens with zero attached hydrogens (tertiary/aromatic N) is 2. The fraction of sp³-hybridized carbons (Fsp3) is 0.235. The van der Waals surface area contributed by atoms with E-state index in [1.807, 2.05) is 34.9 Å². The first-order chi connectivity index (χ1) is 9.92. The summed E-state index contributed by atoms with van der Waals surface area (Å²) in [6.45, 7) is 4.10. The van der Waals surface area contributed by atoms with Crippen molar-refractivity contribution in [2.75, 3.05) is 0 Å². The summed E-state index contributed by atoms with van der Waals surface area (Å²) < 4.78 is 1.97. The minimum atomic E-state index is -0.761. The highest BCUT2D eigenvalue weighted by molar-refractivity contribution is 6.30. The quantitative estimate of drug-likeness (QED) is 0.790. The first kappa shape index (κ1) is 14.1. The Kier molecular flexibility index (Phi) is 3.47. The van der Waals surface area contributed by atoms with Crippen LogP contribution in [0.3, 0.4) is 0 Å². The van der Waals surface area contributed by atoms with Crippen molar-refractivity contribution < 1.29 is 5.11 Å². The van der Waals surface area contributed by atoms with Crippen LogP contribution in [-0.4, -0.2) is 20.3 Å². The van der Waals surface area contributed by atoms with Crippen molar-refractivity contribution in [1.29, 1.82) is 0 Å². The fourth-order valence-corrected chi connectivity index (χ4v) is 2.55. The molecule has 2 aromatic carbocycles. The molecule has 0 spiro atoms. The van der Waals surface area contributed by atoms with Crippen LogP contribution in [-0.2, 0) is 6.54 Å². The summed E-state index contributed by atoms with van der Waals surface area (Å²) >= 11 is 5.92. The van der Waals surface area contributed by atoms with Gasteiger partial charge >= 0.3 is 0 Å². The monoisotopic (exact) mass is 300 g/mol. The molecule has 0 aliphatic rings. The number of halogens is 1. The van der Waals surface area contributed by atoms with Crippen LogP contribution >= 0.6 is 11.6 Å². The van der Waals surface area contributed by atoms with E-state index in [-0.39, 0.29) is 0 Å². The third kappa shape index (κ3) is 3.09. The molecule has 0 unspecified atom stereocenters. The number of fused-ring (bicyclic) bond motifs is 1. The van der Waals surface area contributed by atoms with E-state index in [1.54, 1.807) is 20.2 Å². The summed E-state index contributed by atoms with van der Waals surface area (Å²) in [4.78, 5) is 4.43. The topological polar surface area (TPSA) is 38.0 Å². The van der Waals surface area contributed by atoms with Gasteiger partial charge < -0.3 is 9.67 Å². The average Bonchev–Trinajstić information content (AvgIpc) is 2.80. The van der Waals surface area contributed by atoms with E-state index >= 15 is 0 Å². The van der Waals surface area contributed by atoms with Crippen molar-refractivity contribution >= 4 is 22.6 Å². The maximum Gasteiger partial charge on any atom is 0.0959 e. The Hall–Kier alpha value is -1.84. The Morgan fingerprint density at radius 3 is 2.43 bits per heavy atom. The standard InChI is InChI=1S/C17H17ClN2O/c1-17(2,21)10-20-11-19-15-9-13(5-8-16(15)20)12-3-6-14(18)7-4-12/h3-9,11,21H,10H2,1-2H3. The predicted octanol–water partition coefficient (Wildman–Crippen LogP) is 4.13. The molecule has 3 nitrogen and oxygen atoms in total. The van der Waals surface area contributed by atoms with E-state index in [9.17, 15) is 5.11 Å². The van der Waals surface area contributed by atoms with Crippen molar-refractivity contribution in [3.8, 4) is 11.1 Å². The Labute approximate surface area is 128 Å². The summed E-state index contributed by atoms with van der Waals surface area (Å²) in [5, 5.41) is 10.7. The number of hydrogen-bond acceptors (Lipinski definition) is 2. The van der Waals surface area contributed by atoms with Gasteiger partial charge in [0.25, 0.3) is 0 Å². The summed E-state index contributed by atoms with van der Waals surface area (Å²) in [7, 11) is 0. The van der Waals surface area contributed by atoms with Gasteiger partial charge in [-0.3, -0.25) is 0 Å². The van der Waals surface area contributed by atoms with E-state index in [2.05, 4.69) is 17.1 Å². The normalized spacial score (nSPS) is 12.0. The summed E-state index contributed by atoms with van der Waals surface area (Å²) in [6, 6.07) is 13.9. The number of benzene rings is 2. The van der Waals surface area contributed by atoms with E-state index in [0.717, 1.165) is 27.2 Å². The Bertz CT molecular complexity index is 770. The molecule has 3 aromatic rings. The number of aliphatic hydroxyl groups is 1. The zero-order valence-electron chi connectivity index (χ0n) is 12.0. The van der Waals surface area contributed by atoms with E-state index in [1.165, 1.54) is 0 Å². The Morgan fingerprint density at radius 1 is 1.10 bits per heavy atom. The van der Waals surface area contributed by atoms with Gasteiger partial charge in [-0.25, -0.2) is 4.98 Å². The second-order valence-electron chi connectivity index (χ2n) is 5.90. The molecule has 0 aliphatic carbocycles. The van der Waals surface area contributed by atoms with Crippen LogP contribution in [0.1, 0.15) is 13.8 Å². The van der Waals surface area contributed by atoms with Crippen LogP contribution in [0, 0.1) is 0 Å². The highest BCUT2D eigenvalue weighted by Gasteiger charge is 2.15. The van der Waals surface area contributed by atoms with Gasteiger partial charge in [0.2, 0.25) is 0 Å². The SMILES string of the molecule is CC(C)(O)Cn1cnc2cc(-c3ccc(Cl)cc3)ccc21. The smallest absolute Gasteiger partial charge is 0.0959 e. The van der Waals surface area contributed by atoms with Crippen LogP contribution in [0.25, 0.3) is 22.2 Å². The largest absolute Gasteiger partial charge is 0.389 e. The number of imidazole rings is 1. The number of aromatic nitrogens is 2. The number of hydrogen-bond donors (Lipinski definition) is 1. The van der Waals surface area contributed by atoms with Gasteiger partial charge in [0.05, 0.1) is 29.5 Å². The average molecular weight is 301 g/mol. The molecular formula is C17H17ClN2O. The zero-order valence-corrected chi connectivity index (χ0v) is 12.8. The van der Waals surface area contributed by atoms with Crippen molar-refractivity contribution in [2.24, 2.45) is 0 Å². The van der Waals surface area contributed by atoms with Crippen molar-refractivity contribution in [2.45, 2.75) is 26.0 Å². The molecule has 1 heterocycles. The molecule has 0 fully saturated rings. The van der Waals surface area contributed by atoms with Gasteiger partial charge in [-0.1, -0.05) is 29.8 Å². The van der Waals surface area contributed by atoms with Gasteiger partial charge in [0.15, 0.2) is 0 Å². The molecule has 3 rings (SSSR count). The Morgan fingerprint density at radius 2 is 1.76 bits per heavy atom. The van der Waals surface area contributed by atoms with Crippen LogP contribution in [0.15, 0.2) is 48.8 Å². The molecular weight excluding hydrogens is 284 g/mol. The van der Waals surface area contributed by atoms with Gasteiger partial charge in [-0.15, -0.1) is 0 Å². The molecule has 0 amide bonds. The molecule has 1 N–H and O–H groups in total. The molecule has 0 radical (unpaired) electrons. The maximum atomic E-state index is 9.95. The second kappa shape index (κ2) is 5.17. The van der Waals surface area contributed by atoms with E-state index < -0.39 is 5.60 Å². The van der Waals surface area contributed by atoms with Crippen LogP contribution in [0.5, 0.6) is 0 Å². The third-order valence-corrected chi connectivity index (χ3v) is 3.61. The lowest BCUT2D eigenvalue weighted by atomic mass is 10.1. The lowest BCUT2D eigenvalue weighted by Crippen LogP contribution is -2.25. The van der Waals surface area contributed by atoms with Crippen molar-refractivity contribution in [1.82, 2.24) is 9.55 Å². The third-order valence-electron chi connectivity index (χ3n) is 3.36. The van der Waals surface area contributed by atoms with Crippen molar-refractivity contribution in [3.05, 3.63) is 53.8 Å². The van der Waals surface area contributed by atoms with Crippen LogP contribution < -0.4 is 0 Å². The molecule has 1 aromatic heterocycles. The maximum absolute atomic E-state index is 9.95. The molecule has 0 saturated heterocycles. The lowest BCUT2D eigenvalue weighted by molar-refractivity contribution is 0.0627. The van der Waals surface area contributed by atoms with E-state index in [0.29, 0.717) is 6.54 Å². The first-order valence-corrected chi connectivity index (χ1v) is 7.23. The molecule has 108 valence electrons. The van der Waals surface area contributed by atoms with Gasteiger partial charge in [0.1, 0.15) is 0 Å². The minimum Gasteiger partial charge on any atom is -0.389 e. The summed E-state index contributed by atoms with van der Waals surface area (Å²) in [5.41, 5.74) is 3.40. The molecule has 0 bridgehead atoms. The number of rotatable bonds is 3. The molecule has 21 heavy (non-hydrogen) atoms. The van der Waals surface area contributed by atoms with Crippen LogP contribution in [0.4, 0.5) is 0 Å². The molecule has 4 heteroatoms. The predicted molar refractivity (Wildman–Crippen MR) is 86.5 cm³/mol. The fourth-order valence-electron chi connectivity index (χ4n) is 2.43. The van der Waals surface area contributed by atoms with E-state index in [4.69, 9.17) is 11.6 Å². The zero-order chi connectivity index (χ0) is 15.0. The highest BCUT2D eigenvalue weighted by atomic mass is 35.5. The lowest BCUT2D eigenvalue weighted by Gasteiger charge is -2.18. The summed E-state index contributed by atoms with van der Waals surface area (Å²) in [6.07, 6.45) is 1.77. The van der Waals surface area contributed by atoms with Crippen molar-refractivity contribution in [3.63, 3.8) is 0 Å². The van der Waals surface area contributed by atoms with Gasteiger partial charge in [-0.2, -0.15) is 0 Å². The molecule has 0 saturated carbocycles. The highest BCUT2D eigenvalue weighted by Crippen LogP contribution is 2.25. The molecule has 0 aliphatic heterocycles. The van der Waals surface area contributed by atoms with Gasteiger partial charge in [0, 0.05) is 5.02 Å². The van der Waals surface area contributed by atoms with Gasteiger partial charge in [-0.05, 0) is 49.2 Å². The molecule has 0 atom stereocenters. The Balaban J connectivity index is 2.00. The second-order valence-corrected chi connectivity index (χ2v) is 6.33.